The Kier molecular flexibility index (Phi) is 4.40. The van der Waals surface area contributed by atoms with E-state index in [2.05, 4.69) is 39.1 Å². The van der Waals surface area contributed by atoms with E-state index in [1.54, 1.807) is 0 Å². The van der Waals surface area contributed by atoms with Gasteiger partial charge in [0.15, 0.2) is 0 Å². The second-order valence-electron chi connectivity index (χ2n) is 4.86. The summed E-state index contributed by atoms with van der Waals surface area (Å²) >= 11 is 0. The van der Waals surface area contributed by atoms with Crippen LogP contribution in [0.5, 0.6) is 0 Å². The molecule has 2 nitrogen and oxygen atoms in total. The summed E-state index contributed by atoms with van der Waals surface area (Å²) in [7, 11) is 0. The zero-order chi connectivity index (χ0) is 11.4. The quantitative estimate of drug-likeness (QED) is 0.803. The molecule has 0 aromatic carbocycles. The first-order valence-electron chi connectivity index (χ1n) is 5.78. The Bertz CT molecular complexity index is 282. The van der Waals surface area contributed by atoms with Crippen LogP contribution < -0.4 is 5.32 Å². The van der Waals surface area contributed by atoms with E-state index in [0.29, 0.717) is 6.04 Å². The van der Waals surface area contributed by atoms with Crippen LogP contribution in [0.15, 0.2) is 10.5 Å². The van der Waals surface area contributed by atoms with Crippen LogP contribution in [0.3, 0.4) is 0 Å². The lowest BCUT2D eigenvalue weighted by Crippen LogP contribution is -2.26. The lowest BCUT2D eigenvalue weighted by molar-refractivity contribution is 0.403. The minimum Gasteiger partial charge on any atom is -0.465 e. The van der Waals surface area contributed by atoms with Crippen LogP contribution in [0, 0.1) is 19.8 Å². The van der Waals surface area contributed by atoms with Crippen molar-refractivity contribution in [1.82, 2.24) is 5.32 Å². The van der Waals surface area contributed by atoms with Crippen LogP contribution in [0.25, 0.3) is 0 Å². The van der Waals surface area contributed by atoms with Gasteiger partial charge in [-0.3, -0.25) is 0 Å². The minimum absolute atomic E-state index is 0.552. The van der Waals surface area contributed by atoms with Gasteiger partial charge in [-0.1, -0.05) is 13.8 Å². The summed E-state index contributed by atoms with van der Waals surface area (Å²) in [4.78, 5) is 0. The van der Waals surface area contributed by atoms with Gasteiger partial charge < -0.3 is 9.73 Å². The second kappa shape index (κ2) is 5.36. The standard InChI is InChI=1S/C13H23NO/c1-9(2)6-11(4)14-8-13-7-10(3)12(5)15-13/h7,9,11,14H,6,8H2,1-5H3/t11-/m0/s1. The number of hydrogen-bond donors (Lipinski definition) is 1. The Balaban J connectivity index is 2.36. The van der Waals surface area contributed by atoms with Crippen molar-refractivity contribution in [3.05, 3.63) is 23.2 Å². The molecular weight excluding hydrogens is 186 g/mol. The van der Waals surface area contributed by atoms with E-state index in [1.165, 1.54) is 12.0 Å². The van der Waals surface area contributed by atoms with Crippen LogP contribution in [-0.4, -0.2) is 6.04 Å². The third-order valence-electron chi connectivity index (χ3n) is 2.67. The maximum absolute atomic E-state index is 5.61. The fraction of sp³-hybridized carbons (Fsp3) is 0.692. The number of hydrogen-bond acceptors (Lipinski definition) is 2. The van der Waals surface area contributed by atoms with Gasteiger partial charge in [0.25, 0.3) is 0 Å². The average molecular weight is 209 g/mol. The Morgan fingerprint density at radius 3 is 2.40 bits per heavy atom. The van der Waals surface area contributed by atoms with Crippen molar-refractivity contribution in [3.8, 4) is 0 Å². The van der Waals surface area contributed by atoms with E-state index in [-0.39, 0.29) is 0 Å². The van der Waals surface area contributed by atoms with Gasteiger partial charge in [-0.15, -0.1) is 0 Å². The molecule has 0 unspecified atom stereocenters. The van der Waals surface area contributed by atoms with E-state index in [9.17, 15) is 0 Å². The van der Waals surface area contributed by atoms with Crippen LogP contribution in [-0.2, 0) is 6.54 Å². The molecule has 1 heterocycles. The van der Waals surface area contributed by atoms with Crippen LogP contribution in [0.2, 0.25) is 0 Å². The van der Waals surface area contributed by atoms with Crippen molar-refractivity contribution < 1.29 is 4.42 Å². The molecule has 1 atom stereocenters. The number of furan rings is 1. The van der Waals surface area contributed by atoms with Crippen LogP contribution >= 0.6 is 0 Å². The zero-order valence-corrected chi connectivity index (χ0v) is 10.6. The topological polar surface area (TPSA) is 25.2 Å². The summed E-state index contributed by atoms with van der Waals surface area (Å²) in [5, 5.41) is 3.48. The van der Waals surface area contributed by atoms with Gasteiger partial charge in [0.1, 0.15) is 11.5 Å². The van der Waals surface area contributed by atoms with Crippen LogP contribution in [0.4, 0.5) is 0 Å². The highest BCUT2D eigenvalue weighted by molar-refractivity contribution is 5.18. The molecule has 15 heavy (non-hydrogen) atoms. The summed E-state index contributed by atoms with van der Waals surface area (Å²) in [6, 6.07) is 2.67. The van der Waals surface area contributed by atoms with E-state index < -0.39 is 0 Å². The lowest BCUT2D eigenvalue weighted by atomic mass is 10.1. The first-order chi connectivity index (χ1) is 6.99. The first-order valence-corrected chi connectivity index (χ1v) is 5.78. The second-order valence-corrected chi connectivity index (χ2v) is 4.86. The molecule has 1 aromatic heterocycles. The molecule has 1 aromatic rings. The molecule has 1 N–H and O–H groups in total. The Hall–Kier alpha value is -0.760. The zero-order valence-electron chi connectivity index (χ0n) is 10.6. The highest BCUT2D eigenvalue weighted by Crippen LogP contribution is 2.13. The third kappa shape index (κ3) is 4.08. The molecule has 86 valence electrons. The van der Waals surface area contributed by atoms with E-state index in [4.69, 9.17) is 4.42 Å². The molecule has 0 aliphatic carbocycles. The molecule has 2 heteroatoms. The van der Waals surface area contributed by atoms with Gasteiger partial charge in [0.2, 0.25) is 0 Å². The van der Waals surface area contributed by atoms with Gasteiger partial charge in [-0.25, -0.2) is 0 Å². The molecular formula is C13H23NO. The molecule has 0 aliphatic heterocycles. The fourth-order valence-corrected chi connectivity index (χ4v) is 1.80. The number of rotatable bonds is 5. The maximum Gasteiger partial charge on any atom is 0.118 e. The molecule has 0 radical (unpaired) electrons. The van der Waals surface area contributed by atoms with E-state index >= 15 is 0 Å². The first kappa shape index (κ1) is 12.3. The normalized spacial score (nSPS) is 13.5. The smallest absolute Gasteiger partial charge is 0.118 e. The van der Waals surface area contributed by atoms with Gasteiger partial charge in [0, 0.05) is 6.04 Å². The van der Waals surface area contributed by atoms with Crippen molar-refractivity contribution in [3.63, 3.8) is 0 Å². The average Bonchev–Trinajstić information content (AvgIpc) is 2.42. The Morgan fingerprint density at radius 2 is 1.93 bits per heavy atom. The molecule has 0 bridgehead atoms. The Morgan fingerprint density at radius 1 is 1.27 bits per heavy atom. The molecule has 0 spiro atoms. The fourth-order valence-electron chi connectivity index (χ4n) is 1.80. The lowest BCUT2D eigenvalue weighted by Gasteiger charge is -2.14. The molecule has 0 aliphatic rings. The van der Waals surface area contributed by atoms with Gasteiger partial charge in [-0.05, 0) is 44.7 Å². The van der Waals surface area contributed by atoms with Crippen molar-refractivity contribution in [2.45, 2.75) is 53.6 Å². The summed E-state index contributed by atoms with van der Waals surface area (Å²) in [6.07, 6.45) is 1.21. The summed E-state index contributed by atoms with van der Waals surface area (Å²) in [5.41, 5.74) is 1.24. The molecule has 0 saturated carbocycles. The van der Waals surface area contributed by atoms with Gasteiger partial charge in [0.05, 0.1) is 6.54 Å². The predicted octanol–water partition coefficient (Wildman–Crippen LogP) is 3.42. The summed E-state index contributed by atoms with van der Waals surface area (Å²) < 4.78 is 5.61. The highest BCUT2D eigenvalue weighted by Gasteiger charge is 2.07. The number of nitrogens with one attached hydrogen (secondary N) is 1. The largest absolute Gasteiger partial charge is 0.465 e. The molecule has 1 rings (SSSR count). The van der Waals surface area contributed by atoms with Gasteiger partial charge in [-0.2, -0.15) is 0 Å². The minimum atomic E-state index is 0.552. The highest BCUT2D eigenvalue weighted by atomic mass is 16.3. The maximum atomic E-state index is 5.61. The monoisotopic (exact) mass is 209 g/mol. The van der Waals surface area contributed by atoms with E-state index in [0.717, 1.165) is 24.0 Å². The van der Waals surface area contributed by atoms with E-state index in [1.807, 2.05) is 6.92 Å². The molecule has 0 fully saturated rings. The summed E-state index contributed by atoms with van der Waals surface area (Å²) in [6.45, 7) is 11.7. The van der Waals surface area contributed by atoms with Crippen LogP contribution in [0.1, 0.15) is 44.3 Å². The number of aryl methyl sites for hydroxylation is 2. The molecule has 0 amide bonds. The van der Waals surface area contributed by atoms with Crippen molar-refractivity contribution >= 4 is 0 Å². The Labute approximate surface area is 93.1 Å². The predicted molar refractivity (Wildman–Crippen MR) is 63.9 cm³/mol. The SMILES string of the molecule is Cc1cc(CN[C@@H](C)CC(C)C)oc1C. The van der Waals surface area contributed by atoms with Crippen molar-refractivity contribution in [2.24, 2.45) is 5.92 Å². The molecule has 0 saturated heterocycles. The van der Waals surface area contributed by atoms with Crippen molar-refractivity contribution in [1.29, 1.82) is 0 Å². The summed E-state index contributed by atoms with van der Waals surface area (Å²) in [5.74, 6) is 2.82. The van der Waals surface area contributed by atoms with Gasteiger partial charge >= 0.3 is 0 Å². The third-order valence-corrected chi connectivity index (χ3v) is 2.67. The van der Waals surface area contributed by atoms with Crippen molar-refractivity contribution in [2.75, 3.05) is 0 Å².